The summed E-state index contributed by atoms with van der Waals surface area (Å²) in [5.41, 5.74) is 3.57. The number of benzene rings is 1. The molecule has 190 valence electrons. The molecule has 3 aromatic heterocycles. The van der Waals surface area contributed by atoms with Crippen LogP contribution < -0.4 is 9.46 Å². The zero-order valence-corrected chi connectivity index (χ0v) is 21.0. The van der Waals surface area contributed by atoms with Gasteiger partial charge in [0.15, 0.2) is 0 Å². The van der Waals surface area contributed by atoms with Crippen LogP contribution in [-0.2, 0) is 29.1 Å². The Balaban J connectivity index is 1.47. The maximum atomic E-state index is 11.1. The number of pyridine rings is 1. The van der Waals surface area contributed by atoms with E-state index in [2.05, 4.69) is 48.8 Å². The summed E-state index contributed by atoms with van der Waals surface area (Å²) < 4.78 is 39.8. The van der Waals surface area contributed by atoms with Gasteiger partial charge in [-0.2, -0.15) is 5.10 Å². The molecule has 1 atom stereocenters. The number of hydrogen-bond donors (Lipinski definition) is 3. The van der Waals surface area contributed by atoms with Crippen molar-refractivity contribution in [1.82, 2.24) is 35.0 Å². The minimum Gasteiger partial charge on any atom is -0.481 e. The molecule has 5 rings (SSSR count). The molecular weight excluding hydrogens is 486 g/mol. The third-order valence-electron chi connectivity index (χ3n) is 5.96. The van der Waals surface area contributed by atoms with Gasteiger partial charge in [-0.25, -0.2) is 13.9 Å². The van der Waals surface area contributed by atoms with Crippen LogP contribution >= 0.6 is 0 Å². The van der Waals surface area contributed by atoms with Crippen LogP contribution in [-0.4, -0.2) is 71.4 Å². The smallest absolute Gasteiger partial charge is 0.248 e. The van der Waals surface area contributed by atoms with Gasteiger partial charge in [0.25, 0.3) is 0 Å². The van der Waals surface area contributed by atoms with Gasteiger partial charge in [-0.3, -0.25) is 14.6 Å². The van der Waals surface area contributed by atoms with E-state index in [-0.39, 0.29) is 12.1 Å². The first-order valence-electron chi connectivity index (χ1n) is 11.3. The van der Waals surface area contributed by atoms with E-state index >= 15 is 0 Å². The molecule has 0 radical (unpaired) electrons. The second kappa shape index (κ2) is 10.0. The summed E-state index contributed by atoms with van der Waals surface area (Å²) in [6.45, 7) is 7.02. The first-order chi connectivity index (χ1) is 17.3. The van der Waals surface area contributed by atoms with E-state index in [0.29, 0.717) is 36.4 Å². The molecule has 12 nitrogen and oxygen atoms in total. The lowest BCUT2D eigenvalue weighted by Crippen LogP contribution is -2.47. The number of fused-ring (bicyclic) bond motifs is 1. The Hall–Kier alpha value is -3.23. The van der Waals surface area contributed by atoms with Crippen molar-refractivity contribution in [3.8, 4) is 28.5 Å². The van der Waals surface area contributed by atoms with E-state index in [1.807, 2.05) is 18.2 Å². The highest BCUT2D eigenvalue weighted by molar-refractivity contribution is 7.77. The third-order valence-corrected chi connectivity index (χ3v) is 6.35. The molecule has 1 saturated heterocycles. The van der Waals surface area contributed by atoms with Crippen LogP contribution in [0.1, 0.15) is 25.3 Å². The minimum absolute atomic E-state index is 0.109. The van der Waals surface area contributed by atoms with Crippen molar-refractivity contribution < 1.29 is 22.7 Å². The quantitative estimate of drug-likeness (QED) is 0.300. The van der Waals surface area contributed by atoms with Gasteiger partial charge in [-0.1, -0.05) is 0 Å². The lowest BCUT2D eigenvalue weighted by Gasteiger charge is -2.37. The van der Waals surface area contributed by atoms with Crippen molar-refractivity contribution in [3.05, 3.63) is 42.0 Å². The maximum Gasteiger partial charge on any atom is 0.248 e. The van der Waals surface area contributed by atoms with Crippen LogP contribution in [0.2, 0.25) is 0 Å². The van der Waals surface area contributed by atoms with Gasteiger partial charge >= 0.3 is 0 Å². The lowest BCUT2D eigenvalue weighted by molar-refractivity contribution is -0.0897. The molecule has 0 spiro atoms. The fourth-order valence-electron chi connectivity index (χ4n) is 4.37. The summed E-state index contributed by atoms with van der Waals surface area (Å²) in [6.07, 6.45) is 3.40. The molecule has 4 heterocycles. The van der Waals surface area contributed by atoms with Gasteiger partial charge in [0, 0.05) is 42.3 Å². The Morgan fingerprint density at radius 3 is 2.89 bits per heavy atom. The molecule has 36 heavy (non-hydrogen) atoms. The normalized spacial score (nSPS) is 16.9. The van der Waals surface area contributed by atoms with Crippen molar-refractivity contribution in [3.63, 3.8) is 0 Å². The van der Waals surface area contributed by atoms with E-state index < -0.39 is 11.3 Å². The highest BCUT2D eigenvalue weighted by atomic mass is 32.2. The molecule has 1 fully saturated rings. The Kier molecular flexibility index (Phi) is 6.81. The molecule has 13 heteroatoms. The van der Waals surface area contributed by atoms with E-state index in [1.165, 1.54) is 7.11 Å². The summed E-state index contributed by atoms with van der Waals surface area (Å²) in [5.74, 6) is 1.29. The third kappa shape index (κ3) is 5.29. The number of aromatic nitrogens is 5. The largest absolute Gasteiger partial charge is 0.481 e. The van der Waals surface area contributed by atoms with Crippen LogP contribution in [0.5, 0.6) is 5.88 Å². The molecule has 1 aliphatic rings. The van der Waals surface area contributed by atoms with Crippen molar-refractivity contribution in [2.75, 3.05) is 26.8 Å². The van der Waals surface area contributed by atoms with Crippen LogP contribution in [0.4, 0.5) is 0 Å². The molecule has 1 unspecified atom stereocenters. The van der Waals surface area contributed by atoms with E-state index in [1.54, 1.807) is 12.4 Å². The minimum atomic E-state index is -2.16. The van der Waals surface area contributed by atoms with Crippen molar-refractivity contribution >= 4 is 22.2 Å². The van der Waals surface area contributed by atoms with Crippen molar-refractivity contribution in [2.45, 2.75) is 32.5 Å². The Labute approximate surface area is 209 Å². The summed E-state index contributed by atoms with van der Waals surface area (Å²) in [4.78, 5) is 6.61. The predicted molar refractivity (Wildman–Crippen MR) is 132 cm³/mol. The van der Waals surface area contributed by atoms with E-state index in [4.69, 9.17) is 18.4 Å². The number of hydrogen-bond acceptors (Lipinski definition) is 9. The van der Waals surface area contributed by atoms with Gasteiger partial charge in [0.1, 0.15) is 0 Å². The van der Waals surface area contributed by atoms with Gasteiger partial charge in [0.05, 0.1) is 43.1 Å². The summed E-state index contributed by atoms with van der Waals surface area (Å²) in [5, 5.41) is 16.7. The Morgan fingerprint density at radius 2 is 2.11 bits per heavy atom. The molecule has 0 saturated carbocycles. The highest BCUT2D eigenvalue weighted by Crippen LogP contribution is 2.34. The number of methoxy groups -OCH3 is 1. The monoisotopic (exact) mass is 513 g/mol. The summed E-state index contributed by atoms with van der Waals surface area (Å²) in [7, 11) is 1.50. The fraction of sp³-hybridized carbons (Fsp3) is 0.391. The average molecular weight is 514 g/mol. The fourth-order valence-corrected chi connectivity index (χ4v) is 4.65. The number of nitrogens with zero attached hydrogens (tertiary/aromatic N) is 5. The summed E-state index contributed by atoms with van der Waals surface area (Å²) >= 11 is -2.16. The average Bonchev–Trinajstić information content (AvgIpc) is 3.51. The van der Waals surface area contributed by atoms with Gasteiger partial charge in [-0.05, 0) is 37.6 Å². The van der Waals surface area contributed by atoms with Gasteiger partial charge < -0.3 is 13.9 Å². The standard InChI is InChI=1S/C23H27N7O5S/c1-23(2)13-30(4-5-34-23)12-20-28-29-22(35-20)17-7-14(8-19-18(17)11-25-27-19)15-6-16(10-26-36(31)32)21(33-3)24-9-15/h6-9,11,26H,4-5,10,12-13H2,1-3H3,(H,25,27)(H,31,32). The second-order valence-corrected chi connectivity index (χ2v) is 9.92. The van der Waals surface area contributed by atoms with E-state index in [9.17, 15) is 4.21 Å². The predicted octanol–water partition coefficient (Wildman–Crippen LogP) is 2.52. The number of H-pyrrole nitrogens is 1. The van der Waals surface area contributed by atoms with Gasteiger partial charge in [0.2, 0.25) is 28.9 Å². The first kappa shape index (κ1) is 24.5. The second-order valence-electron chi connectivity index (χ2n) is 9.14. The molecular formula is C23H27N7O5S. The molecule has 0 aliphatic carbocycles. The van der Waals surface area contributed by atoms with Crippen LogP contribution in [0, 0.1) is 0 Å². The van der Waals surface area contributed by atoms with Gasteiger partial charge in [-0.15, -0.1) is 10.2 Å². The molecule has 4 aromatic rings. The Morgan fingerprint density at radius 1 is 1.25 bits per heavy atom. The topological polar surface area (TPSA) is 152 Å². The first-order valence-corrected chi connectivity index (χ1v) is 12.5. The molecule has 1 aliphatic heterocycles. The number of ether oxygens (including phenoxy) is 2. The molecule has 0 amide bonds. The number of rotatable bonds is 8. The molecule has 1 aromatic carbocycles. The SMILES string of the molecule is COc1ncc(-c2cc(-c3nnc(CN4CCOC(C)(C)C4)o3)c3cn[nH]c3c2)cc1CNS(=O)O. The maximum absolute atomic E-state index is 11.1. The van der Waals surface area contributed by atoms with Crippen LogP contribution in [0.25, 0.3) is 33.5 Å². The lowest BCUT2D eigenvalue weighted by atomic mass is 10.0. The Bertz CT molecular complexity index is 1400. The van der Waals surface area contributed by atoms with Crippen LogP contribution in [0.3, 0.4) is 0 Å². The molecule has 3 N–H and O–H groups in total. The van der Waals surface area contributed by atoms with E-state index in [0.717, 1.165) is 40.7 Å². The highest BCUT2D eigenvalue weighted by Gasteiger charge is 2.28. The molecule has 0 bridgehead atoms. The van der Waals surface area contributed by atoms with Crippen LogP contribution in [0.15, 0.2) is 35.0 Å². The number of morpholine rings is 1. The van der Waals surface area contributed by atoms with Crippen molar-refractivity contribution in [1.29, 1.82) is 0 Å². The number of nitrogens with one attached hydrogen (secondary N) is 2. The zero-order chi connectivity index (χ0) is 25.3. The zero-order valence-electron chi connectivity index (χ0n) is 20.1. The summed E-state index contributed by atoms with van der Waals surface area (Å²) in [6, 6.07) is 5.74. The van der Waals surface area contributed by atoms with Crippen molar-refractivity contribution in [2.24, 2.45) is 0 Å². The number of aromatic amines is 1.